The maximum Gasteiger partial charge on any atom is 0.271 e. The van der Waals surface area contributed by atoms with Crippen molar-refractivity contribution in [1.29, 1.82) is 0 Å². The Morgan fingerprint density at radius 1 is 1.05 bits per heavy atom. The number of hydrogen-bond acceptors (Lipinski definition) is 1. The molecule has 0 amide bonds. The number of rotatable bonds is 2. The van der Waals surface area contributed by atoms with Crippen molar-refractivity contribution in [2.45, 2.75) is 12.3 Å². The molecule has 4 heteroatoms. The van der Waals surface area contributed by atoms with Crippen LogP contribution in [0.2, 0.25) is 0 Å². The van der Waals surface area contributed by atoms with Crippen molar-refractivity contribution in [3.8, 4) is 0 Å². The average Bonchev–Trinajstić information content (AvgIpc) is 2.97. The van der Waals surface area contributed by atoms with Crippen molar-refractivity contribution < 1.29 is 0 Å². The summed E-state index contributed by atoms with van der Waals surface area (Å²) in [6.45, 7) is 0. The topological polar surface area (TPSA) is 64.4 Å². The first-order valence-corrected chi connectivity index (χ1v) is 7.03. The Labute approximate surface area is 120 Å². The van der Waals surface area contributed by atoms with Gasteiger partial charge in [-0.3, -0.25) is 15.0 Å². The van der Waals surface area contributed by atoms with Crippen molar-refractivity contribution in [1.82, 2.24) is 15.2 Å². The summed E-state index contributed by atoms with van der Waals surface area (Å²) in [7, 11) is 0. The predicted molar refractivity (Wildman–Crippen MR) is 82.2 cm³/mol. The van der Waals surface area contributed by atoms with E-state index in [0.29, 0.717) is 11.1 Å². The smallest absolute Gasteiger partial charge is 0.271 e. The molecule has 3 aromatic rings. The first kappa shape index (κ1) is 12.0. The molecule has 0 aliphatic heterocycles. The zero-order valence-corrected chi connectivity index (χ0v) is 11.4. The lowest BCUT2D eigenvalue weighted by atomic mass is 10.1. The van der Waals surface area contributed by atoms with Gasteiger partial charge in [-0.2, -0.15) is 0 Å². The molecule has 1 aliphatic rings. The number of benzene rings is 1. The van der Waals surface area contributed by atoms with Crippen LogP contribution in [0.25, 0.3) is 11.6 Å². The average molecular weight is 277 g/mol. The summed E-state index contributed by atoms with van der Waals surface area (Å²) in [5.74, 6) is 0.424. The van der Waals surface area contributed by atoms with E-state index in [2.05, 4.69) is 39.4 Å². The summed E-state index contributed by atoms with van der Waals surface area (Å²) in [6.07, 6.45) is 4.74. The fraction of sp³-hybridized carbons (Fsp3) is 0.118. The van der Waals surface area contributed by atoms with Gasteiger partial charge >= 0.3 is 0 Å². The molecule has 0 unspecified atom stereocenters. The zero-order chi connectivity index (χ0) is 14.2. The first-order valence-electron chi connectivity index (χ1n) is 7.03. The van der Waals surface area contributed by atoms with Gasteiger partial charge in [-0.15, -0.1) is 0 Å². The molecule has 2 heterocycles. The van der Waals surface area contributed by atoms with Gasteiger partial charge in [0, 0.05) is 17.8 Å². The zero-order valence-electron chi connectivity index (χ0n) is 11.4. The number of hydrogen-bond donors (Lipinski definition) is 3. The van der Waals surface area contributed by atoms with E-state index in [1.54, 1.807) is 0 Å². The molecule has 104 valence electrons. The van der Waals surface area contributed by atoms with Crippen molar-refractivity contribution in [3.05, 3.63) is 80.8 Å². The van der Waals surface area contributed by atoms with E-state index in [1.807, 2.05) is 30.5 Å². The SMILES string of the molecule is O=c1[nH][nH]c(=C2C[C@H]2c2ccccc2)c1=Cc1ccc[nH]1. The Bertz CT molecular complexity index is 930. The third-order valence-corrected chi connectivity index (χ3v) is 3.94. The number of aromatic amines is 3. The molecule has 4 nitrogen and oxygen atoms in total. The van der Waals surface area contributed by atoms with Gasteiger partial charge in [-0.1, -0.05) is 30.3 Å². The third-order valence-electron chi connectivity index (χ3n) is 3.94. The van der Waals surface area contributed by atoms with Crippen LogP contribution in [0.3, 0.4) is 0 Å². The number of H-pyrrole nitrogens is 3. The minimum atomic E-state index is -0.0780. The van der Waals surface area contributed by atoms with E-state index in [0.717, 1.165) is 17.5 Å². The summed E-state index contributed by atoms with van der Waals surface area (Å²) in [5, 5.41) is 7.36. The van der Waals surface area contributed by atoms with Gasteiger partial charge in [-0.05, 0) is 35.8 Å². The summed E-state index contributed by atoms with van der Waals surface area (Å²) < 4.78 is 0. The maximum atomic E-state index is 12.0. The summed E-state index contributed by atoms with van der Waals surface area (Å²) in [5.41, 5.74) is 3.45. The van der Waals surface area contributed by atoms with Crippen molar-refractivity contribution in [2.75, 3.05) is 0 Å². The van der Waals surface area contributed by atoms with Crippen LogP contribution in [0.1, 0.15) is 23.6 Å². The number of aromatic nitrogens is 3. The quantitative estimate of drug-likeness (QED) is 0.647. The Balaban J connectivity index is 1.86. The van der Waals surface area contributed by atoms with Crippen LogP contribution < -0.4 is 16.1 Å². The molecule has 2 aromatic heterocycles. The molecular formula is C17H15N3O. The van der Waals surface area contributed by atoms with E-state index in [4.69, 9.17) is 0 Å². The minimum absolute atomic E-state index is 0.0780. The molecular weight excluding hydrogens is 262 g/mol. The lowest BCUT2D eigenvalue weighted by Gasteiger charge is -1.93. The van der Waals surface area contributed by atoms with Crippen LogP contribution in [-0.4, -0.2) is 15.2 Å². The van der Waals surface area contributed by atoms with Gasteiger partial charge in [0.2, 0.25) is 0 Å². The molecule has 1 fully saturated rings. The first-order chi connectivity index (χ1) is 10.3. The second-order valence-electron chi connectivity index (χ2n) is 5.33. The second kappa shape index (κ2) is 4.66. The molecule has 1 aliphatic carbocycles. The Hall–Kier alpha value is -2.75. The van der Waals surface area contributed by atoms with Crippen LogP contribution in [0, 0.1) is 0 Å². The van der Waals surface area contributed by atoms with E-state index in [-0.39, 0.29) is 5.56 Å². The largest absolute Gasteiger partial charge is 0.362 e. The van der Waals surface area contributed by atoms with E-state index >= 15 is 0 Å². The predicted octanol–water partition coefficient (Wildman–Crippen LogP) is 1.20. The summed E-state index contributed by atoms with van der Waals surface area (Å²) >= 11 is 0. The normalized spacial score (nSPS) is 20.8. The van der Waals surface area contributed by atoms with Crippen LogP contribution >= 0.6 is 0 Å². The molecule has 4 rings (SSSR count). The highest BCUT2D eigenvalue weighted by atomic mass is 16.1. The lowest BCUT2D eigenvalue weighted by Crippen LogP contribution is -2.33. The fourth-order valence-corrected chi connectivity index (χ4v) is 2.79. The molecule has 3 N–H and O–H groups in total. The van der Waals surface area contributed by atoms with Gasteiger partial charge in [-0.25, -0.2) is 0 Å². The van der Waals surface area contributed by atoms with Crippen LogP contribution in [0.5, 0.6) is 0 Å². The van der Waals surface area contributed by atoms with Crippen molar-refractivity contribution in [3.63, 3.8) is 0 Å². The Morgan fingerprint density at radius 2 is 1.90 bits per heavy atom. The molecule has 0 radical (unpaired) electrons. The van der Waals surface area contributed by atoms with Crippen LogP contribution in [0.4, 0.5) is 0 Å². The van der Waals surface area contributed by atoms with Gasteiger partial charge < -0.3 is 4.98 Å². The molecule has 21 heavy (non-hydrogen) atoms. The third kappa shape index (κ3) is 2.14. The molecule has 0 saturated heterocycles. The van der Waals surface area contributed by atoms with E-state index < -0.39 is 0 Å². The molecule has 1 aromatic carbocycles. The monoisotopic (exact) mass is 277 g/mol. The molecule has 1 saturated carbocycles. The maximum absolute atomic E-state index is 12.0. The van der Waals surface area contributed by atoms with Gasteiger partial charge in [0.25, 0.3) is 5.56 Å². The lowest BCUT2D eigenvalue weighted by molar-refractivity contribution is 1.03. The summed E-state index contributed by atoms with van der Waals surface area (Å²) in [6, 6.07) is 14.3. The van der Waals surface area contributed by atoms with E-state index in [9.17, 15) is 4.79 Å². The number of nitrogens with one attached hydrogen (secondary N) is 3. The standard InChI is InChI=1S/C17H15N3O/c21-17-15(9-12-7-4-8-18-12)16(19-20-17)14-10-13(14)11-5-2-1-3-6-11/h1-9,13,18-19H,10H2,(H,20,21)/t13-/m0/s1. The van der Waals surface area contributed by atoms with Gasteiger partial charge in [0.15, 0.2) is 0 Å². The highest BCUT2D eigenvalue weighted by molar-refractivity contribution is 5.70. The Kier molecular flexibility index (Phi) is 2.67. The summed E-state index contributed by atoms with van der Waals surface area (Å²) in [4.78, 5) is 15.1. The van der Waals surface area contributed by atoms with Crippen molar-refractivity contribution >= 4 is 11.6 Å². The van der Waals surface area contributed by atoms with Crippen LogP contribution in [0.15, 0.2) is 53.5 Å². The molecule has 1 atom stereocenters. The molecule has 0 spiro atoms. The van der Waals surface area contributed by atoms with Crippen LogP contribution in [-0.2, 0) is 0 Å². The highest BCUT2D eigenvalue weighted by Gasteiger charge is 2.32. The van der Waals surface area contributed by atoms with E-state index in [1.165, 1.54) is 11.1 Å². The molecule has 0 bridgehead atoms. The fourth-order valence-electron chi connectivity index (χ4n) is 2.79. The van der Waals surface area contributed by atoms with Gasteiger partial charge in [0.1, 0.15) is 0 Å². The van der Waals surface area contributed by atoms with Crippen molar-refractivity contribution in [2.24, 2.45) is 0 Å². The highest BCUT2D eigenvalue weighted by Crippen LogP contribution is 2.46. The second-order valence-corrected chi connectivity index (χ2v) is 5.33. The minimum Gasteiger partial charge on any atom is -0.362 e. The Morgan fingerprint density at radius 3 is 2.67 bits per heavy atom. The van der Waals surface area contributed by atoms with Gasteiger partial charge in [0.05, 0.1) is 10.6 Å².